The Morgan fingerprint density at radius 3 is 2.09 bits per heavy atom. The molecule has 0 saturated carbocycles. The Morgan fingerprint density at radius 1 is 0.750 bits per heavy atom. The number of ether oxygens (including phenoxy) is 1. The number of hydrogen-bond acceptors (Lipinski definition) is 4. The summed E-state index contributed by atoms with van der Waals surface area (Å²) >= 11 is 0. The van der Waals surface area contributed by atoms with Crippen LogP contribution in [0.3, 0.4) is 0 Å². The van der Waals surface area contributed by atoms with E-state index >= 15 is 0 Å². The van der Waals surface area contributed by atoms with Crippen LogP contribution in [0.25, 0.3) is 0 Å². The highest BCUT2D eigenvalue weighted by molar-refractivity contribution is 6.09. The van der Waals surface area contributed by atoms with Crippen molar-refractivity contribution in [1.82, 2.24) is 5.32 Å². The number of rotatable bonds is 8. The molecule has 0 spiro atoms. The first-order valence-electron chi connectivity index (χ1n) is 9.38. The van der Waals surface area contributed by atoms with Gasteiger partial charge in [0, 0.05) is 11.1 Å². The first kappa shape index (κ1) is 22.5. The quantitative estimate of drug-likeness (QED) is 0.413. The summed E-state index contributed by atoms with van der Waals surface area (Å²) in [4.78, 5) is 36.0. The minimum absolute atomic E-state index is 0.154. The van der Waals surface area contributed by atoms with Crippen molar-refractivity contribution in [2.24, 2.45) is 0 Å². The molecule has 2 N–H and O–H groups in total. The van der Waals surface area contributed by atoms with Gasteiger partial charge < -0.3 is 15.4 Å². The number of ketones is 1. The van der Waals surface area contributed by atoms with Crippen LogP contribution >= 0.6 is 0 Å². The molecule has 3 aromatic carbocycles. The van der Waals surface area contributed by atoms with E-state index in [1.54, 1.807) is 36.4 Å². The topological polar surface area (TPSA) is 84.5 Å². The number of halogens is 3. The normalized spacial score (nSPS) is 10.3. The number of benzene rings is 3. The molecule has 3 aromatic rings. The summed E-state index contributed by atoms with van der Waals surface area (Å²) in [6.45, 7) is -0.954. The lowest BCUT2D eigenvalue weighted by atomic mass is 10.0. The minimum atomic E-state index is -1.71. The zero-order valence-electron chi connectivity index (χ0n) is 16.5. The standard InChI is InChI=1S/C23H17F3N2O4/c24-17-10-11-18(22(26)21(17)25)28-19(29)12-27-20(30)13-32-16-8-6-15(7-9-16)23(31)14-4-2-1-3-5-14/h1-11H,12-13H2,(H,27,30)(H,28,29). The Morgan fingerprint density at radius 2 is 1.41 bits per heavy atom. The Balaban J connectivity index is 1.45. The molecule has 0 aromatic heterocycles. The van der Waals surface area contributed by atoms with Gasteiger partial charge in [-0.3, -0.25) is 14.4 Å². The lowest BCUT2D eigenvalue weighted by molar-refractivity contribution is -0.125. The lowest BCUT2D eigenvalue weighted by Gasteiger charge is -2.09. The second-order valence-electron chi connectivity index (χ2n) is 6.56. The van der Waals surface area contributed by atoms with E-state index in [2.05, 4.69) is 5.32 Å². The monoisotopic (exact) mass is 442 g/mol. The van der Waals surface area contributed by atoms with Gasteiger partial charge in [0.1, 0.15) is 5.75 Å². The fourth-order valence-corrected chi connectivity index (χ4v) is 2.65. The van der Waals surface area contributed by atoms with Gasteiger partial charge in [0.25, 0.3) is 5.91 Å². The zero-order chi connectivity index (χ0) is 23.1. The molecule has 6 nitrogen and oxygen atoms in total. The molecule has 3 rings (SSSR count). The minimum Gasteiger partial charge on any atom is -0.484 e. The van der Waals surface area contributed by atoms with E-state index in [0.29, 0.717) is 22.9 Å². The largest absolute Gasteiger partial charge is 0.484 e. The van der Waals surface area contributed by atoms with Crippen molar-refractivity contribution in [1.29, 1.82) is 0 Å². The molecule has 0 fully saturated rings. The van der Waals surface area contributed by atoms with Crippen LogP contribution in [-0.4, -0.2) is 30.7 Å². The molecule has 0 aliphatic rings. The maximum atomic E-state index is 13.5. The highest BCUT2D eigenvalue weighted by Crippen LogP contribution is 2.19. The average molecular weight is 442 g/mol. The fourth-order valence-electron chi connectivity index (χ4n) is 2.65. The van der Waals surface area contributed by atoms with Crippen LogP contribution in [0.15, 0.2) is 66.7 Å². The van der Waals surface area contributed by atoms with Crippen LogP contribution in [0, 0.1) is 17.5 Å². The molecule has 0 heterocycles. The third-order valence-electron chi connectivity index (χ3n) is 4.28. The summed E-state index contributed by atoms with van der Waals surface area (Å²) < 4.78 is 44.9. The molecular weight excluding hydrogens is 425 g/mol. The van der Waals surface area contributed by atoms with Crippen LogP contribution in [-0.2, 0) is 9.59 Å². The Bertz CT molecular complexity index is 1140. The number of carbonyl (C=O) groups excluding carboxylic acids is 3. The van der Waals surface area contributed by atoms with Gasteiger partial charge >= 0.3 is 0 Å². The van der Waals surface area contributed by atoms with E-state index in [1.807, 2.05) is 11.4 Å². The second kappa shape index (κ2) is 10.3. The fraction of sp³-hybridized carbons (Fsp3) is 0.0870. The van der Waals surface area contributed by atoms with E-state index in [1.165, 1.54) is 12.1 Å². The van der Waals surface area contributed by atoms with Crippen molar-refractivity contribution >= 4 is 23.3 Å². The molecule has 9 heteroatoms. The predicted molar refractivity (Wildman–Crippen MR) is 110 cm³/mol. The Hall–Kier alpha value is -4.14. The van der Waals surface area contributed by atoms with Crippen LogP contribution in [0.2, 0.25) is 0 Å². The van der Waals surface area contributed by atoms with Crippen molar-refractivity contribution in [3.63, 3.8) is 0 Å². The maximum Gasteiger partial charge on any atom is 0.258 e. The van der Waals surface area contributed by atoms with Gasteiger partial charge in [-0.1, -0.05) is 30.3 Å². The van der Waals surface area contributed by atoms with Crippen LogP contribution in [0.5, 0.6) is 5.75 Å². The average Bonchev–Trinajstić information content (AvgIpc) is 2.82. The van der Waals surface area contributed by atoms with E-state index in [-0.39, 0.29) is 5.78 Å². The van der Waals surface area contributed by atoms with E-state index < -0.39 is 48.1 Å². The smallest absolute Gasteiger partial charge is 0.258 e. The van der Waals surface area contributed by atoms with Gasteiger partial charge in [-0.15, -0.1) is 0 Å². The number of amides is 2. The summed E-state index contributed by atoms with van der Waals surface area (Å²) in [6, 6.07) is 16.5. The second-order valence-corrected chi connectivity index (χ2v) is 6.56. The van der Waals surface area contributed by atoms with Gasteiger partial charge in [-0.25, -0.2) is 13.2 Å². The zero-order valence-corrected chi connectivity index (χ0v) is 16.5. The highest BCUT2D eigenvalue weighted by Gasteiger charge is 2.16. The molecule has 0 unspecified atom stereocenters. The molecule has 0 saturated heterocycles. The van der Waals surface area contributed by atoms with E-state index in [4.69, 9.17) is 4.74 Å². The number of hydrogen-bond donors (Lipinski definition) is 2. The molecular formula is C23H17F3N2O4. The van der Waals surface area contributed by atoms with E-state index in [9.17, 15) is 27.6 Å². The van der Waals surface area contributed by atoms with Gasteiger partial charge in [-0.2, -0.15) is 0 Å². The van der Waals surface area contributed by atoms with Crippen LogP contribution < -0.4 is 15.4 Å². The SMILES string of the molecule is O=C(COc1ccc(C(=O)c2ccccc2)cc1)NCC(=O)Nc1ccc(F)c(F)c1F. The highest BCUT2D eigenvalue weighted by atomic mass is 19.2. The van der Waals surface area contributed by atoms with E-state index in [0.717, 1.165) is 6.07 Å². The molecule has 0 bridgehead atoms. The van der Waals surface area contributed by atoms with Crippen LogP contribution in [0.4, 0.5) is 18.9 Å². The number of anilines is 1. The van der Waals surface area contributed by atoms with Crippen molar-refractivity contribution in [2.75, 3.05) is 18.5 Å². The third-order valence-corrected chi connectivity index (χ3v) is 4.28. The van der Waals surface area contributed by atoms with Crippen LogP contribution in [0.1, 0.15) is 15.9 Å². The summed E-state index contributed by atoms with van der Waals surface area (Å²) in [5, 5.41) is 4.28. The summed E-state index contributed by atoms with van der Waals surface area (Å²) in [5.41, 5.74) is 0.445. The first-order chi connectivity index (χ1) is 15.3. The van der Waals surface area contributed by atoms with Crippen molar-refractivity contribution < 1.29 is 32.3 Å². The molecule has 0 aliphatic heterocycles. The molecule has 0 aliphatic carbocycles. The summed E-state index contributed by atoms with van der Waals surface area (Å²) in [6.07, 6.45) is 0. The first-order valence-corrected chi connectivity index (χ1v) is 9.38. The molecule has 0 atom stereocenters. The van der Waals surface area contributed by atoms with Gasteiger partial charge in [0.05, 0.1) is 12.2 Å². The number of carbonyl (C=O) groups is 3. The molecule has 32 heavy (non-hydrogen) atoms. The predicted octanol–water partition coefficient (Wildman–Crippen LogP) is 3.47. The molecule has 2 amide bonds. The third kappa shape index (κ3) is 5.72. The van der Waals surface area contributed by atoms with Crippen molar-refractivity contribution in [2.45, 2.75) is 0 Å². The summed E-state index contributed by atoms with van der Waals surface area (Å²) in [7, 11) is 0. The maximum absolute atomic E-state index is 13.5. The molecule has 164 valence electrons. The number of nitrogens with one attached hydrogen (secondary N) is 2. The van der Waals surface area contributed by atoms with Crippen molar-refractivity contribution in [3.8, 4) is 5.75 Å². The lowest BCUT2D eigenvalue weighted by Crippen LogP contribution is -2.36. The van der Waals surface area contributed by atoms with Gasteiger partial charge in [-0.05, 0) is 36.4 Å². The summed E-state index contributed by atoms with van der Waals surface area (Å²) in [5.74, 6) is -5.94. The Labute approximate surface area is 181 Å². The molecule has 0 radical (unpaired) electrons. The van der Waals surface area contributed by atoms with Gasteiger partial charge in [0.2, 0.25) is 5.91 Å². The Kier molecular flexibility index (Phi) is 7.22. The van der Waals surface area contributed by atoms with Gasteiger partial charge in [0.15, 0.2) is 29.8 Å². The van der Waals surface area contributed by atoms with Crippen molar-refractivity contribution in [3.05, 3.63) is 95.3 Å².